The van der Waals surface area contributed by atoms with Crippen molar-refractivity contribution in [1.29, 1.82) is 0 Å². The summed E-state index contributed by atoms with van der Waals surface area (Å²) in [6, 6.07) is 7.39. The van der Waals surface area contributed by atoms with Crippen LogP contribution in [0.15, 0.2) is 29.2 Å². The van der Waals surface area contributed by atoms with Gasteiger partial charge in [0, 0.05) is 10.6 Å². The molecule has 0 saturated carbocycles. The van der Waals surface area contributed by atoms with E-state index in [1.807, 2.05) is 30.5 Å². The average molecular weight is 310 g/mol. The summed E-state index contributed by atoms with van der Waals surface area (Å²) in [6.45, 7) is 2.22. The number of amides is 2. The Labute approximate surface area is 127 Å². The third-order valence-corrected chi connectivity index (χ3v) is 3.93. The zero-order valence-corrected chi connectivity index (χ0v) is 12.8. The van der Waals surface area contributed by atoms with E-state index in [9.17, 15) is 9.59 Å². The van der Waals surface area contributed by atoms with Gasteiger partial charge in [-0.25, -0.2) is 9.59 Å². The molecule has 1 heterocycles. The van der Waals surface area contributed by atoms with Crippen LogP contribution < -0.4 is 5.32 Å². The van der Waals surface area contributed by atoms with Gasteiger partial charge in [-0.05, 0) is 31.4 Å². The van der Waals surface area contributed by atoms with Gasteiger partial charge >= 0.3 is 12.0 Å². The minimum atomic E-state index is -1.01. The molecule has 0 radical (unpaired) electrons. The normalized spacial score (nSPS) is 16.2. The Bertz CT molecular complexity index is 544. The number of thioether (sulfide) groups is 1. The Morgan fingerprint density at radius 3 is 2.81 bits per heavy atom. The summed E-state index contributed by atoms with van der Waals surface area (Å²) in [6.07, 6.45) is 1.97. The molecule has 1 aromatic carbocycles. The highest BCUT2D eigenvalue weighted by Crippen LogP contribution is 2.26. The number of hydrogen-bond donors (Lipinski definition) is 2. The Morgan fingerprint density at radius 1 is 1.48 bits per heavy atom. The molecule has 1 fully saturated rings. The Hall–Kier alpha value is -1.73. The Kier molecular flexibility index (Phi) is 4.74. The molecule has 2 rings (SSSR count). The predicted octanol–water partition coefficient (Wildman–Crippen LogP) is 2.12. The molecule has 0 aromatic heterocycles. The minimum Gasteiger partial charge on any atom is -0.480 e. The number of nitrogens with one attached hydrogen (secondary N) is 1. The van der Waals surface area contributed by atoms with Gasteiger partial charge in [-0.15, -0.1) is 11.8 Å². The van der Waals surface area contributed by atoms with Gasteiger partial charge in [0.1, 0.15) is 12.2 Å². The average Bonchev–Trinajstić information content (AvgIpc) is 2.42. The molecule has 0 atom stereocenters. The van der Waals surface area contributed by atoms with Crippen molar-refractivity contribution in [1.82, 2.24) is 4.90 Å². The van der Waals surface area contributed by atoms with E-state index < -0.39 is 11.6 Å². The first-order valence-corrected chi connectivity index (χ1v) is 7.70. The van der Waals surface area contributed by atoms with E-state index in [1.54, 1.807) is 23.6 Å². The van der Waals surface area contributed by atoms with Crippen LogP contribution in [0.4, 0.5) is 10.5 Å². The quantitative estimate of drug-likeness (QED) is 0.814. The van der Waals surface area contributed by atoms with Gasteiger partial charge in [-0.3, -0.25) is 0 Å². The van der Waals surface area contributed by atoms with Gasteiger partial charge in [-0.2, -0.15) is 0 Å². The van der Waals surface area contributed by atoms with Crippen LogP contribution in [0, 0.1) is 0 Å². The third kappa shape index (κ3) is 4.12. The summed E-state index contributed by atoms with van der Waals surface area (Å²) >= 11 is 1.61. The largest absolute Gasteiger partial charge is 0.480 e. The van der Waals surface area contributed by atoms with E-state index in [0.29, 0.717) is 13.1 Å². The molecule has 0 unspecified atom stereocenters. The van der Waals surface area contributed by atoms with E-state index >= 15 is 0 Å². The zero-order chi connectivity index (χ0) is 15.5. The number of likely N-dealkylation sites (tertiary alicyclic amines) is 1. The number of carbonyl (C=O) groups excluding carboxylic acids is 1. The SMILES string of the molecule is CSc1cccc(NC(=O)N2CC(C)(OCC(=O)O)C2)c1. The fourth-order valence-corrected chi connectivity index (χ4v) is 2.59. The predicted molar refractivity (Wildman–Crippen MR) is 80.8 cm³/mol. The number of urea groups is 1. The number of rotatable bonds is 5. The van der Waals surface area contributed by atoms with Crippen LogP contribution in [-0.2, 0) is 9.53 Å². The van der Waals surface area contributed by atoms with Crippen molar-refractivity contribution in [3.05, 3.63) is 24.3 Å². The fourth-order valence-electron chi connectivity index (χ4n) is 2.14. The lowest BCUT2D eigenvalue weighted by molar-refractivity contribution is -0.159. The fraction of sp³-hybridized carbons (Fsp3) is 0.429. The molecule has 1 aromatic rings. The van der Waals surface area contributed by atoms with E-state index in [0.717, 1.165) is 10.6 Å². The van der Waals surface area contributed by atoms with Crippen molar-refractivity contribution in [2.45, 2.75) is 17.4 Å². The van der Waals surface area contributed by atoms with Crippen LogP contribution in [0.2, 0.25) is 0 Å². The second-order valence-electron chi connectivity index (χ2n) is 5.15. The van der Waals surface area contributed by atoms with Crippen LogP contribution >= 0.6 is 11.8 Å². The number of hydrogen-bond acceptors (Lipinski definition) is 4. The summed E-state index contributed by atoms with van der Waals surface area (Å²) in [5.41, 5.74) is 0.170. The van der Waals surface area contributed by atoms with Crippen molar-refractivity contribution in [2.75, 3.05) is 31.3 Å². The van der Waals surface area contributed by atoms with E-state index in [4.69, 9.17) is 9.84 Å². The lowest BCUT2D eigenvalue weighted by atomic mass is 9.97. The summed E-state index contributed by atoms with van der Waals surface area (Å²) in [5, 5.41) is 11.4. The molecule has 2 amide bonds. The van der Waals surface area contributed by atoms with E-state index in [-0.39, 0.29) is 12.6 Å². The van der Waals surface area contributed by atoms with Gasteiger partial charge in [0.15, 0.2) is 0 Å². The first-order chi connectivity index (χ1) is 9.92. The van der Waals surface area contributed by atoms with Gasteiger partial charge in [0.05, 0.1) is 13.1 Å². The van der Waals surface area contributed by atoms with Crippen LogP contribution in [0.1, 0.15) is 6.92 Å². The smallest absolute Gasteiger partial charge is 0.329 e. The molecular weight excluding hydrogens is 292 g/mol. The van der Waals surface area contributed by atoms with Gasteiger partial charge in [0.2, 0.25) is 0 Å². The molecule has 1 saturated heterocycles. The molecule has 0 aliphatic carbocycles. The van der Waals surface area contributed by atoms with E-state index in [2.05, 4.69) is 5.32 Å². The summed E-state index contributed by atoms with van der Waals surface area (Å²) in [5.74, 6) is -1.01. The summed E-state index contributed by atoms with van der Waals surface area (Å²) in [4.78, 5) is 25.2. The highest BCUT2D eigenvalue weighted by atomic mass is 32.2. The number of aliphatic carboxylic acids is 1. The molecule has 7 heteroatoms. The van der Waals surface area contributed by atoms with Gasteiger partial charge in [0.25, 0.3) is 0 Å². The van der Waals surface area contributed by atoms with E-state index in [1.165, 1.54) is 0 Å². The van der Waals surface area contributed by atoms with Crippen LogP contribution in [0.5, 0.6) is 0 Å². The number of carboxylic acid groups (broad SMARTS) is 1. The molecule has 1 aliphatic rings. The van der Waals surface area contributed by atoms with Crippen LogP contribution in [0.3, 0.4) is 0 Å². The lowest BCUT2D eigenvalue weighted by Crippen LogP contribution is -2.64. The summed E-state index contributed by atoms with van der Waals surface area (Å²) < 4.78 is 5.27. The first kappa shape index (κ1) is 15.7. The molecule has 6 nitrogen and oxygen atoms in total. The number of nitrogens with zero attached hydrogens (tertiary/aromatic N) is 1. The first-order valence-electron chi connectivity index (χ1n) is 6.48. The van der Waals surface area contributed by atoms with Crippen molar-refractivity contribution in [3.63, 3.8) is 0 Å². The molecule has 1 aliphatic heterocycles. The standard InChI is InChI=1S/C14H18N2O4S/c1-14(20-7-12(17)18)8-16(9-14)13(19)15-10-4-3-5-11(6-10)21-2/h3-6H,7-9H2,1-2H3,(H,15,19)(H,17,18). The van der Waals surface area contributed by atoms with Crippen LogP contribution in [-0.4, -0.2) is 53.6 Å². The van der Waals surface area contributed by atoms with Gasteiger partial charge < -0.3 is 20.1 Å². The monoisotopic (exact) mass is 310 g/mol. The van der Waals surface area contributed by atoms with Crippen molar-refractivity contribution in [3.8, 4) is 0 Å². The highest BCUT2D eigenvalue weighted by Gasteiger charge is 2.42. The maximum absolute atomic E-state index is 12.1. The van der Waals surface area contributed by atoms with Crippen molar-refractivity contribution >= 4 is 29.4 Å². The lowest BCUT2D eigenvalue weighted by Gasteiger charge is -2.46. The number of benzene rings is 1. The molecule has 114 valence electrons. The number of ether oxygens (including phenoxy) is 1. The summed E-state index contributed by atoms with van der Waals surface area (Å²) in [7, 11) is 0. The maximum Gasteiger partial charge on any atom is 0.329 e. The van der Waals surface area contributed by atoms with Crippen LogP contribution in [0.25, 0.3) is 0 Å². The Balaban J connectivity index is 1.84. The Morgan fingerprint density at radius 2 is 2.19 bits per heavy atom. The molecule has 0 bridgehead atoms. The van der Waals surface area contributed by atoms with Gasteiger partial charge in [-0.1, -0.05) is 6.07 Å². The minimum absolute atomic E-state index is 0.204. The number of carbonyl (C=O) groups is 2. The van der Waals surface area contributed by atoms with Crippen molar-refractivity contribution < 1.29 is 19.4 Å². The zero-order valence-electron chi connectivity index (χ0n) is 12.0. The topological polar surface area (TPSA) is 78.9 Å². The maximum atomic E-state index is 12.1. The molecule has 21 heavy (non-hydrogen) atoms. The molecule has 0 spiro atoms. The second-order valence-corrected chi connectivity index (χ2v) is 6.03. The number of carboxylic acids is 1. The number of anilines is 1. The second kappa shape index (κ2) is 6.36. The highest BCUT2D eigenvalue weighted by molar-refractivity contribution is 7.98. The molecule has 2 N–H and O–H groups in total. The van der Waals surface area contributed by atoms with Crippen molar-refractivity contribution in [2.24, 2.45) is 0 Å². The molecular formula is C14H18N2O4S. The third-order valence-electron chi connectivity index (χ3n) is 3.20.